The summed E-state index contributed by atoms with van der Waals surface area (Å²) in [4.78, 5) is 8.75. The average molecular weight is 221 g/mol. The van der Waals surface area contributed by atoms with Gasteiger partial charge in [0.1, 0.15) is 5.01 Å². The van der Waals surface area contributed by atoms with Gasteiger partial charge in [0.15, 0.2) is 0 Å². The molecule has 0 atom stereocenters. The predicted octanol–water partition coefficient (Wildman–Crippen LogP) is 2.32. The first-order valence-electron chi connectivity index (χ1n) is 5.14. The first-order chi connectivity index (χ1) is 7.38. The lowest BCUT2D eigenvalue weighted by Crippen LogP contribution is -2.11. The van der Waals surface area contributed by atoms with Crippen LogP contribution in [-0.2, 0) is 19.5 Å². The number of H-pyrrole nitrogens is 1. The van der Waals surface area contributed by atoms with Gasteiger partial charge in [-0.2, -0.15) is 0 Å². The van der Waals surface area contributed by atoms with E-state index in [1.807, 2.05) is 18.6 Å². The molecule has 2 heterocycles. The Morgan fingerprint density at radius 3 is 3.07 bits per heavy atom. The van der Waals surface area contributed by atoms with E-state index in [9.17, 15) is 0 Å². The van der Waals surface area contributed by atoms with Crippen molar-refractivity contribution < 1.29 is 0 Å². The third kappa shape index (κ3) is 2.91. The van der Waals surface area contributed by atoms with E-state index in [1.54, 1.807) is 11.3 Å². The molecule has 0 spiro atoms. The minimum absolute atomic E-state index is 0.857. The van der Waals surface area contributed by atoms with Crippen molar-refractivity contribution in [3.05, 3.63) is 40.1 Å². The smallest absolute Gasteiger partial charge is 0.107 e. The Labute approximate surface area is 93.6 Å². The van der Waals surface area contributed by atoms with Crippen molar-refractivity contribution in [1.29, 1.82) is 0 Å². The third-order valence-corrected chi connectivity index (χ3v) is 3.36. The highest BCUT2D eigenvalue weighted by Crippen LogP contribution is 2.12. The Bertz CT molecular complexity index is 392. The normalized spacial score (nSPS) is 10.7. The molecule has 2 rings (SSSR count). The Kier molecular flexibility index (Phi) is 3.53. The number of nitrogens with one attached hydrogen (secondary N) is 2. The molecule has 4 heteroatoms. The van der Waals surface area contributed by atoms with Gasteiger partial charge >= 0.3 is 0 Å². The largest absolute Gasteiger partial charge is 0.367 e. The highest BCUT2D eigenvalue weighted by Gasteiger charge is 1.99. The van der Waals surface area contributed by atoms with Gasteiger partial charge in [0.25, 0.3) is 0 Å². The molecule has 0 saturated carbocycles. The highest BCUT2D eigenvalue weighted by molar-refractivity contribution is 7.11. The molecule has 0 amide bonds. The molecule has 2 N–H and O–H groups in total. The van der Waals surface area contributed by atoms with Crippen LogP contribution in [-0.4, -0.2) is 9.97 Å². The Morgan fingerprint density at radius 2 is 2.40 bits per heavy atom. The zero-order valence-electron chi connectivity index (χ0n) is 8.79. The molecule has 0 aliphatic heterocycles. The molecule has 2 aromatic rings. The van der Waals surface area contributed by atoms with Gasteiger partial charge in [-0.3, -0.25) is 0 Å². The molecule has 0 aliphatic carbocycles. The Hall–Kier alpha value is -1.13. The van der Waals surface area contributed by atoms with Crippen LogP contribution in [0, 0.1) is 0 Å². The second-order valence-electron chi connectivity index (χ2n) is 3.40. The van der Waals surface area contributed by atoms with Crippen LogP contribution in [0.15, 0.2) is 24.7 Å². The van der Waals surface area contributed by atoms with Crippen LogP contribution in [0.25, 0.3) is 0 Å². The van der Waals surface area contributed by atoms with E-state index in [0.717, 1.165) is 19.5 Å². The van der Waals surface area contributed by atoms with Crippen LogP contribution < -0.4 is 5.32 Å². The summed E-state index contributed by atoms with van der Waals surface area (Å²) < 4.78 is 0. The van der Waals surface area contributed by atoms with Crippen LogP contribution in [0.1, 0.15) is 22.4 Å². The van der Waals surface area contributed by atoms with Crippen molar-refractivity contribution >= 4 is 11.3 Å². The van der Waals surface area contributed by atoms with Crippen LogP contribution in [0.5, 0.6) is 0 Å². The van der Waals surface area contributed by atoms with Gasteiger partial charge in [-0.05, 0) is 18.1 Å². The summed E-state index contributed by atoms with van der Waals surface area (Å²) in [6, 6.07) is 2.08. The quantitative estimate of drug-likeness (QED) is 0.813. The molecule has 0 aliphatic rings. The zero-order chi connectivity index (χ0) is 10.5. The number of hydrogen-bond acceptors (Lipinski definition) is 3. The van der Waals surface area contributed by atoms with Gasteiger partial charge in [0.2, 0.25) is 0 Å². The minimum atomic E-state index is 0.857. The molecule has 0 fully saturated rings. The first kappa shape index (κ1) is 10.4. The second kappa shape index (κ2) is 5.09. The van der Waals surface area contributed by atoms with Crippen LogP contribution in [0.2, 0.25) is 0 Å². The van der Waals surface area contributed by atoms with Crippen LogP contribution >= 0.6 is 11.3 Å². The Morgan fingerprint density at radius 1 is 1.47 bits per heavy atom. The summed E-state index contributed by atoms with van der Waals surface area (Å²) in [5.74, 6) is 0. The standard InChI is InChI=1S/C11H15N3S/c1-2-10-7-14-11(15-10)8-13-6-9-3-4-12-5-9/h3-5,7,12-13H,2,6,8H2,1H3. The summed E-state index contributed by atoms with van der Waals surface area (Å²) in [6.45, 7) is 3.91. The fraction of sp³-hybridized carbons (Fsp3) is 0.364. The van der Waals surface area contributed by atoms with Crippen molar-refractivity contribution in [1.82, 2.24) is 15.3 Å². The highest BCUT2D eigenvalue weighted by atomic mass is 32.1. The molecular formula is C11H15N3S. The molecule has 3 nitrogen and oxygen atoms in total. The monoisotopic (exact) mass is 221 g/mol. The molecular weight excluding hydrogens is 206 g/mol. The fourth-order valence-electron chi connectivity index (χ4n) is 1.38. The number of aryl methyl sites for hydroxylation is 1. The average Bonchev–Trinajstić information content (AvgIpc) is 2.88. The third-order valence-electron chi connectivity index (χ3n) is 2.22. The first-order valence-corrected chi connectivity index (χ1v) is 5.96. The lowest BCUT2D eigenvalue weighted by Gasteiger charge is -1.99. The maximum atomic E-state index is 4.35. The van der Waals surface area contributed by atoms with E-state index in [0.29, 0.717) is 0 Å². The van der Waals surface area contributed by atoms with E-state index in [4.69, 9.17) is 0 Å². The van der Waals surface area contributed by atoms with Gasteiger partial charge < -0.3 is 10.3 Å². The van der Waals surface area contributed by atoms with Gasteiger partial charge in [-0.25, -0.2) is 4.98 Å². The SMILES string of the molecule is CCc1cnc(CNCc2cc[nH]c2)s1. The number of aromatic amines is 1. The molecule has 0 unspecified atom stereocenters. The van der Waals surface area contributed by atoms with Gasteiger partial charge in [-0.1, -0.05) is 6.92 Å². The van der Waals surface area contributed by atoms with Gasteiger partial charge in [0, 0.05) is 36.6 Å². The van der Waals surface area contributed by atoms with Crippen molar-refractivity contribution in [3.63, 3.8) is 0 Å². The van der Waals surface area contributed by atoms with Crippen LogP contribution in [0.4, 0.5) is 0 Å². The summed E-state index contributed by atoms with van der Waals surface area (Å²) in [6.07, 6.45) is 7.00. The van der Waals surface area contributed by atoms with E-state index in [-0.39, 0.29) is 0 Å². The predicted molar refractivity (Wildman–Crippen MR) is 62.8 cm³/mol. The zero-order valence-corrected chi connectivity index (χ0v) is 9.60. The van der Waals surface area contributed by atoms with Crippen molar-refractivity contribution in [3.8, 4) is 0 Å². The van der Waals surface area contributed by atoms with Crippen molar-refractivity contribution in [2.75, 3.05) is 0 Å². The maximum absolute atomic E-state index is 4.35. The number of rotatable bonds is 5. The van der Waals surface area contributed by atoms with Gasteiger partial charge in [-0.15, -0.1) is 11.3 Å². The summed E-state index contributed by atoms with van der Waals surface area (Å²) in [7, 11) is 0. The van der Waals surface area contributed by atoms with E-state index >= 15 is 0 Å². The molecule has 15 heavy (non-hydrogen) atoms. The minimum Gasteiger partial charge on any atom is -0.367 e. The van der Waals surface area contributed by atoms with Crippen molar-refractivity contribution in [2.45, 2.75) is 26.4 Å². The second-order valence-corrected chi connectivity index (χ2v) is 4.60. The molecule has 0 radical (unpaired) electrons. The Balaban J connectivity index is 1.78. The molecule has 0 saturated heterocycles. The summed E-state index contributed by atoms with van der Waals surface area (Å²) >= 11 is 1.79. The van der Waals surface area contributed by atoms with Crippen molar-refractivity contribution in [2.24, 2.45) is 0 Å². The summed E-state index contributed by atoms with van der Waals surface area (Å²) in [5.41, 5.74) is 1.28. The van der Waals surface area contributed by atoms with Crippen LogP contribution in [0.3, 0.4) is 0 Å². The lowest BCUT2D eigenvalue weighted by molar-refractivity contribution is 0.690. The maximum Gasteiger partial charge on any atom is 0.107 e. The lowest BCUT2D eigenvalue weighted by atomic mass is 10.3. The van der Waals surface area contributed by atoms with Gasteiger partial charge in [0.05, 0.1) is 0 Å². The molecule has 0 bridgehead atoms. The number of hydrogen-bond donors (Lipinski definition) is 2. The summed E-state index contributed by atoms with van der Waals surface area (Å²) in [5, 5.41) is 4.54. The fourth-order valence-corrected chi connectivity index (χ4v) is 2.21. The topological polar surface area (TPSA) is 40.7 Å². The van der Waals surface area contributed by atoms with E-state index < -0.39 is 0 Å². The molecule has 0 aromatic carbocycles. The molecule has 2 aromatic heterocycles. The number of aromatic nitrogens is 2. The molecule has 80 valence electrons. The number of thiazole rings is 1. The number of nitrogens with zero attached hydrogens (tertiary/aromatic N) is 1. The van der Waals surface area contributed by atoms with E-state index in [2.05, 4.69) is 28.3 Å². The van der Waals surface area contributed by atoms with E-state index in [1.165, 1.54) is 15.4 Å².